The van der Waals surface area contributed by atoms with Crippen LogP contribution in [0.5, 0.6) is 0 Å². The van der Waals surface area contributed by atoms with Crippen molar-refractivity contribution in [3.05, 3.63) is 0 Å². The zero-order valence-corrected chi connectivity index (χ0v) is 9.14. The van der Waals surface area contributed by atoms with Gasteiger partial charge in [-0.2, -0.15) is 0 Å². The van der Waals surface area contributed by atoms with Gasteiger partial charge in [0.1, 0.15) is 0 Å². The van der Waals surface area contributed by atoms with Crippen LogP contribution in [0.4, 0.5) is 0 Å². The van der Waals surface area contributed by atoms with Crippen molar-refractivity contribution in [3.63, 3.8) is 0 Å². The molecule has 2 rings (SSSR count). The molecule has 1 aliphatic carbocycles. The molecule has 1 heterocycles. The Balaban J connectivity index is 2.20. The van der Waals surface area contributed by atoms with Crippen LogP contribution in [-0.4, -0.2) is 34.5 Å². The van der Waals surface area contributed by atoms with Gasteiger partial charge in [-0.1, -0.05) is 6.92 Å². The first-order valence-corrected chi connectivity index (χ1v) is 5.54. The van der Waals surface area contributed by atoms with Gasteiger partial charge in [0.25, 0.3) is 0 Å². The van der Waals surface area contributed by atoms with Crippen molar-refractivity contribution >= 4 is 11.8 Å². The second-order valence-corrected chi connectivity index (χ2v) is 4.87. The number of fused-ring (bicyclic) bond motifs is 1. The molecular formula is C11H17NO3. The highest BCUT2D eigenvalue weighted by atomic mass is 16.3. The van der Waals surface area contributed by atoms with Crippen molar-refractivity contribution in [1.82, 2.24) is 4.90 Å². The van der Waals surface area contributed by atoms with Gasteiger partial charge in [0.2, 0.25) is 11.8 Å². The van der Waals surface area contributed by atoms with E-state index >= 15 is 0 Å². The Hall–Kier alpha value is -0.900. The molecule has 3 unspecified atom stereocenters. The minimum Gasteiger partial charge on any atom is -0.394 e. The molecule has 0 bridgehead atoms. The number of carbonyl (C=O) groups excluding carboxylic acids is 2. The summed E-state index contributed by atoms with van der Waals surface area (Å²) in [7, 11) is 0. The fourth-order valence-electron chi connectivity index (χ4n) is 2.82. The van der Waals surface area contributed by atoms with Gasteiger partial charge in [-0.3, -0.25) is 14.5 Å². The predicted molar refractivity (Wildman–Crippen MR) is 53.8 cm³/mol. The molecule has 2 amide bonds. The zero-order valence-electron chi connectivity index (χ0n) is 9.14. The highest BCUT2D eigenvalue weighted by molar-refractivity contribution is 6.05. The van der Waals surface area contributed by atoms with Crippen molar-refractivity contribution in [2.24, 2.45) is 17.8 Å². The molecule has 2 fully saturated rings. The number of nitrogens with zero attached hydrogens (tertiary/aromatic N) is 1. The van der Waals surface area contributed by atoms with Crippen molar-refractivity contribution in [1.29, 1.82) is 0 Å². The SMILES string of the molecule is CC1CC2C(=O)N(C(C)CO)C(=O)C2C1. The predicted octanol–water partition coefficient (Wildman–Crippen LogP) is 0.398. The lowest BCUT2D eigenvalue weighted by molar-refractivity contribution is -0.143. The Morgan fingerprint density at radius 2 is 1.80 bits per heavy atom. The van der Waals surface area contributed by atoms with Crippen LogP contribution >= 0.6 is 0 Å². The Morgan fingerprint density at radius 1 is 1.33 bits per heavy atom. The van der Waals surface area contributed by atoms with Gasteiger partial charge >= 0.3 is 0 Å². The average Bonchev–Trinajstić information content (AvgIpc) is 2.67. The molecule has 0 aromatic rings. The third kappa shape index (κ3) is 1.47. The minimum absolute atomic E-state index is 0.0732. The van der Waals surface area contributed by atoms with Crippen LogP contribution in [0.25, 0.3) is 0 Å². The number of hydrogen-bond donors (Lipinski definition) is 1. The molecule has 4 heteroatoms. The van der Waals surface area contributed by atoms with Crippen LogP contribution < -0.4 is 0 Å². The summed E-state index contributed by atoms with van der Waals surface area (Å²) in [6, 6.07) is -0.370. The highest BCUT2D eigenvalue weighted by Gasteiger charge is 2.52. The van der Waals surface area contributed by atoms with E-state index in [4.69, 9.17) is 5.11 Å². The molecule has 4 nitrogen and oxygen atoms in total. The molecule has 1 aliphatic heterocycles. The average molecular weight is 211 g/mol. The van der Waals surface area contributed by atoms with E-state index in [2.05, 4.69) is 6.92 Å². The monoisotopic (exact) mass is 211 g/mol. The third-order valence-electron chi connectivity index (χ3n) is 3.61. The van der Waals surface area contributed by atoms with Crippen LogP contribution in [0.2, 0.25) is 0 Å². The van der Waals surface area contributed by atoms with E-state index < -0.39 is 0 Å². The van der Waals surface area contributed by atoms with Gasteiger partial charge in [-0.25, -0.2) is 0 Å². The maximum Gasteiger partial charge on any atom is 0.233 e. The zero-order chi connectivity index (χ0) is 11.2. The summed E-state index contributed by atoms with van der Waals surface area (Å²) in [6.45, 7) is 3.64. The number of aliphatic hydroxyl groups is 1. The molecule has 0 spiro atoms. The Labute approximate surface area is 89.3 Å². The van der Waals surface area contributed by atoms with E-state index in [1.165, 1.54) is 4.90 Å². The molecule has 0 radical (unpaired) electrons. The van der Waals surface area contributed by atoms with Gasteiger partial charge in [0, 0.05) is 0 Å². The van der Waals surface area contributed by atoms with Crippen LogP contribution in [0.15, 0.2) is 0 Å². The molecule has 3 atom stereocenters. The fourth-order valence-corrected chi connectivity index (χ4v) is 2.82. The van der Waals surface area contributed by atoms with Crippen LogP contribution in [-0.2, 0) is 9.59 Å². The molecule has 0 aromatic heterocycles. The second kappa shape index (κ2) is 3.59. The Morgan fingerprint density at radius 3 is 2.20 bits per heavy atom. The molecular weight excluding hydrogens is 194 g/mol. The summed E-state index contributed by atoms with van der Waals surface area (Å²) in [5.41, 5.74) is 0. The first-order valence-electron chi connectivity index (χ1n) is 5.54. The summed E-state index contributed by atoms with van der Waals surface area (Å²) in [4.78, 5) is 25.1. The van der Waals surface area contributed by atoms with Crippen molar-refractivity contribution in [2.45, 2.75) is 32.7 Å². The van der Waals surface area contributed by atoms with Gasteiger partial charge in [0.05, 0.1) is 24.5 Å². The Kier molecular flexibility index (Phi) is 2.54. The molecule has 1 N–H and O–H groups in total. The molecule has 1 saturated heterocycles. The highest BCUT2D eigenvalue weighted by Crippen LogP contribution is 2.43. The topological polar surface area (TPSA) is 57.6 Å². The lowest BCUT2D eigenvalue weighted by Crippen LogP contribution is -2.41. The number of imide groups is 1. The lowest BCUT2D eigenvalue weighted by Gasteiger charge is -2.22. The number of carbonyl (C=O) groups is 2. The number of amides is 2. The van der Waals surface area contributed by atoms with E-state index in [0.29, 0.717) is 5.92 Å². The fraction of sp³-hybridized carbons (Fsp3) is 0.818. The number of aliphatic hydroxyl groups excluding tert-OH is 1. The summed E-state index contributed by atoms with van der Waals surface area (Å²) < 4.78 is 0. The smallest absolute Gasteiger partial charge is 0.233 e. The molecule has 0 aromatic carbocycles. The maximum atomic E-state index is 11.9. The normalized spacial score (nSPS) is 37.3. The van der Waals surface area contributed by atoms with E-state index in [1.807, 2.05) is 0 Å². The maximum absolute atomic E-state index is 11.9. The molecule has 15 heavy (non-hydrogen) atoms. The lowest BCUT2D eigenvalue weighted by atomic mass is 10.00. The first-order chi connectivity index (χ1) is 7.06. The van der Waals surface area contributed by atoms with Crippen LogP contribution in [0, 0.1) is 17.8 Å². The summed E-state index contributed by atoms with van der Waals surface area (Å²) in [5.74, 6) is 0.106. The van der Waals surface area contributed by atoms with Crippen molar-refractivity contribution in [2.75, 3.05) is 6.61 Å². The van der Waals surface area contributed by atoms with E-state index in [9.17, 15) is 9.59 Å². The molecule has 84 valence electrons. The van der Waals surface area contributed by atoms with Crippen molar-refractivity contribution < 1.29 is 14.7 Å². The van der Waals surface area contributed by atoms with E-state index in [-0.39, 0.29) is 36.3 Å². The number of hydrogen-bond acceptors (Lipinski definition) is 3. The molecule has 1 saturated carbocycles. The standard InChI is InChI=1S/C11H17NO3/c1-6-3-8-9(4-6)11(15)12(10(8)14)7(2)5-13/h6-9,13H,3-5H2,1-2H3. The van der Waals surface area contributed by atoms with Crippen LogP contribution in [0.3, 0.4) is 0 Å². The van der Waals surface area contributed by atoms with Gasteiger partial charge in [0.15, 0.2) is 0 Å². The van der Waals surface area contributed by atoms with E-state index in [1.54, 1.807) is 6.92 Å². The molecule has 2 aliphatic rings. The van der Waals surface area contributed by atoms with Gasteiger partial charge < -0.3 is 5.11 Å². The summed E-state index contributed by atoms with van der Waals surface area (Å²) >= 11 is 0. The summed E-state index contributed by atoms with van der Waals surface area (Å²) in [6.07, 6.45) is 1.65. The number of rotatable bonds is 2. The van der Waals surface area contributed by atoms with E-state index in [0.717, 1.165) is 12.8 Å². The third-order valence-corrected chi connectivity index (χ3v) is 3.61. The van der Waals surface area contributed by atoms with Crippen LogP contribution in [0.1, 0.15) is 26.7 Å². The largest absolute Gasteiger partial charge is 0.394 e. The van der Waals surface area contributed by atoms with Gasteiger partial charge in [-0.15, -0.1) is 0 Å². The quantitative estimate of drug-likeness (QED) is 0.672. The minimum atomic E-state index is -0.370. The van der Waals surface area contributed by atoms with Crippen molar-refractivity contribution in [3.8, 4) is 0 Å². The van der Waals surface area contributed by atoms with Gasteiger partial charge in [-0.05, 0) is 25.7 Å². The summed E-state index contributed by atoms with van der Waals surface area (Å²) in [5, 5.41) is 9.00. The second-order valence-electron chi connectivity index (χ2n) is 4.87. The Bertz CT molecular complexity index is 278. The first kappa shape index (κ1) is 10.6. The number of likely N-dealkylation sites (tertiary alicyclic amines) is 1.